The Labute approximate surface area is 162 Å². The van der Waals surface area contributed by atoms with Crippen molar-refractivity contribution in [1.29, 1.82) is 0 Å². The number of imidazole rings is 1. The van der Waals surface area contributed by atoms with Gasteiger partial charge in [0.05, 0.1) is 16.1 Å². The molecular weight excluding hydrogens is 386 g/mol. The van der Waals surface area contributed by atoms with Crippen molar-refractivity contribution < 1.29 is 4.55 Å². The molecule has 3 aromatic heterocycles. The highest BCUT2D eigenvalue weighted by Gasteiger charge is 2.27. The van der Waals surface area contributed by atoms with Gasteiger partial charge in [-0.1, -0.05) is 11.3 Å². The van der Waals surface area contributed by atoms with Crippen molar-refractivity contribution in [2.75, 3.05) is 5.73 Å². The Morgan fingerprint density at radius 2 is 2.23 bits per heavy atom. The summed E-state index contributed by atoms with van der Waals surface area (Å²) in [6, 6.07) is 2.01. The number of thiol groups is 1. The van der Waals surface area contributed by atoms with E-state index in [1.165, 1.54) is 11.3 Å². The van der Waals surface area contributed by atoms with Crippen LogP contribution in [0.15, 0.2) is 34.3 Å². The maximum atomic E-state index is 12.7. The zero-order chi connectivity index (χ0) is 18.4. The molecule has 0 saturated heterocycles. The minimum atomic E-state index is -1.16. The van der Waals surface area contributed by atoms with Crippen LogP contribution in [0.1, 0.15) is 19.5 Å². The van der Waals surface area contributed by atoms with Crippen LogP contribution in [0.4, 0.5) is 5.69 Å². The highest BCUT2D eigenvalue weighted by atomic mass is 32.2. The Bertz CT molecular complexity index is 1050. The number of aromatic nitrogens is 3. The van der Waals surface area contributed by atoms with Crippen LogP contribution in [0.5, 0.6) is 0 Å². The smallest absolute Gasteiger partial charge is 0.232 e. The summed E-state index contributed by atoms with van der Waals surface area (Å²) in [7, 11) is 1.95. The standard InChI is InChI=1S/C17H19N5OS3/c1-9(2)26(23)17-13(18)12-10(14-19-4-6-22(14)3)8-11(21-16(12)25-17)15-20-5-7-24-15/h4-9,20,24H,18H2,1-3H3. The Hall–Kier alpha value is -1.81. The molecule has 0 amide bonds. The van der Waals surface area contributed by atoms with Crippen LogP contribution in [0.25, 0.3) is 21.6 Å². The lowest BCUT2D eigenvalue weighted by atomic mass is 10.1. The zero-order valence-corrected chi connectivity index (χ0v) is 17.1. The highest BCUT2D eigenvalue weighted by Crippen LogP contribution is 2.42. The van der Waals surface area contributed by atoms with Crippen LogP contribution in [-0.2, 0) is 18.2 Å². The molecule has 0 aromatic carbocycles. The third-order valence-corrected chi connectivity index (χ3v) is 8.07. The molecule has 1 aliphatic rings. The number of nitrogens with two attached hydrogens (primary N) is 1. The number of pyridine rings is 1. The number of nitrogens with zero attached hydrogens (tertiary/aromatic N) is 3. The van der Waals surface area contributed by atoms with Gasteiger partial charge in [-0.05, 0) is 25.3 Å². The van der Waals surface area contributed by atoms with Crippen molar-refractivity contribution in [2.45, 2.75) is 23.3 Å². The van der Waals surface area contributed by atoms with Gasteiger partial charge in [-0.25, -0.2) is 9.97 Å². The molecular formula is C17H19N5OS3. The number of hydrogen-bond acceptors (Lipinski definition) is 6. The summed E-state index contributed by atoms with van der Waals surface area (Å²) in [5.41, 5.74) is 8.76. The van der Waals surface area contributed by atoms with E-state index in [1.807, 2.05) is 49.3 Å². The second kappa shape index (κ2) is 6.73. The molecule has 0 radical (unpaired) electrons. The SMILES string of the molecule is CC(C)[S+]([O-])c1sc2nc(C3=[SH]C=CN3)cc(-c3nccn3C)c2c1N. The summed E-state index contributed by atoms with van der Waals surface area (Å²) in [6.45, 7) is 3.86. The predicted octanol–water partition coefficient (Wildman–Crippen LogP) is 2.81. The van der Waals surface area contributed by atoms with Gasteiger partial charge in [-0.2, -0.15) is 0 Å². The van der Waals surface area contributed by atoms with E-state index in [1.54, 1.807) is 6.20 Å². The lowest BCUT2D eigenvalue weighted by molar-refractivity contribution is 0.589. The molecule has 6 nitrogen and oxygen atoms in total. The van der Waals surface area contributed by atoms with Gasteiger partial charge in [0.2, 0.25) is 4.21 Å². The van der Waals surface area contributed by atoms with E-state index in [-0.39, 0.29) is 5.25 Å². The van der Waals surface area contributed by atoms with Crippen LogP contribution in [-0.4, -0.2) is 29.3 Å². The van der Waals surface area contributed by atoms with E-state index in [0.29, 0.717) is 9.90 Å². The number of aryl methyl sites for hydroxylation is 1. The van der Waals surface area contributed by atoms with Gasteiger partial charge in [-0.15, -0.1) is 11.4 Å². The number of hydrogen-bond donors (Lipinski definition) is 3. The first-order chi connectivity index (χ1) is 12.5. The summed E-state index contributed by atoms with van der Waals surface area (Å²) in [5, 5.41) is 6.09. The average Bonchev–Trinajstić information content (AvgIpc) is 3.34. The fourth-order valence-corrected chi connectivity index (χ4v) is 6.23. The van der Waals surface area contributed by atoms with Crippen LogP contribution < -0.4 is 11.1 Å². The molecule has 0 fully saturated rings. The molecule has 4 rings (SSSR count). The van der Waals surface area contributed by atoms with Crippen LogP contribution in [0.2, 0.25) is 0 Å². The lowest BCUT2D eigenvalue weighted by Gasteiger charge is -2.12. The fraction of sp³-hybridized carbons (Fsp3) is 0.235. The number of nitrogens with one attached hydrogen (secondary N) is 1. The fourth-order valence-electron chi connectivity index (χ4n) is 2.79. The molecule has 3 N–H and O–H groups in total. The monoisotopic (exact) mass is 405 g/mol. The summed E-state index contributed by atoms with van der Waals surface area (Å²) in [5.74, 6) is 0.813. The van der Waals surface area contributed by atoms with Gasteiger partial charge >= 0.3 is 0 Å². The van der Waals surface area contributed by atoms with Crippen LogP contribution in [0, 0.1) is 0 Å². The molecule has 0 saturated carbocycles. The average molecular weight is 406 g/mol. The summed E-state index contributed by atoms with van der Waals surface area (Å²) >= 11 is 1.32. The van der Waals surface area contributed by atoms with Gasteiger partial charge in [0, 0.05) is 42.4 Å². The van der Waals surface area contributed by atoms with Crippen molar-refractivity contribution in [1.82, 2.24) is 19.9 Å². The number of rotatable bonds is 4. The van der Waals surface area contributed by atoms with Gasteiger partial charge in [-0.3, -0.25) is 0 Å². The van der Waals surface area contributed by atoms with E-state index < -0.39 is 11.2 Å². The lowest BCUT2D eigenvalue weighted by Crippen LogP contribution is -2.15. The van der Waals surface area contributed by atoms with E-state index >= 15 is 0 Å². The van der Waals surface area contributed by atoms with Gasteiger partial charge in [0.15, 0.2) is 0 Å². The zero-order valence-electron chi connectivity index (χ0n) is 14.6. The van der Waals surface area contributed by atoms with Crippen molar-refractivity contribution in [3.63, 3.8) is 0 Å². The first kappa shape index (κ1) is 17.6. The molecule has 1 aliphatic heterocycles. The Balaban J connectivity index is 2.01. The molecule has 0 bridgehead atoms. The molecule has 3 aromatic rings. The Morgan fingerprint density at radius 1 is 1.42 bits per heavy atom. The first-order valence-corrected chi connectivity index (χ1v) is 11.1. The summed E-state index contributed by atoms with van der Waals surface area (Å²) in [6.07, 6.45) is 5.57. The third-order valence-electron chi connectivity index (χ3n) is 4.08. The third kappa shape index (κ3) is 2.84. The van der Waals surface area contributed by atoms with Crippen molar-refractivity contribution in [2.24, 2.45) is 7.05 Å². The van der Waals surface area contributed by atoms with E-state index in [4.69, 9.17) is 10.7 Å². The second-order valence-corrected chi connectivity index (χ2v) is 10.4. The van der Waals surface area contributed by atoms with Gasteiger partial charge < -0.3 is 20.2 Å². The van der Waals surface area contributed by atoms with Crippen molar-refractivity contribution in [3.8, 4) is 11.4 Å². The van der Waals surface area contributed by atoms with Gasteiger partial charge in [0.1, 0.15) is 21.6 Å². The summed E-state index contributed by atoms with van der Waals surface area (Å²) in [4.78, 5) is 11.1. The quantitative estimate of drug-likeness (QED) is 0.353. The van der Waals surface area contributed by atoms with Gasteiger partial charge in [0.25, 0.3) is 0 Å². The molecule has 26 heavy (non-hydrogen) atoms. The van der Waals surface area contributed by atoms with Crippen LogP contribution in [0.3, 0.4) is 0 Å². The van der Waals surface area contributed by atoms with E-state index in [0.717, 1.165) is 43.6 Å². The van der Waals surface area contributed by atoms with E-state index in [2.05, 4.69) is 10.3 Å². The molecule has 0 aliphatic carbocycles. The number of nitrogen functional groups attached to an aromatic ring is 1. The minimum absolute atomic E-state index is 0.00460. The number of thiophene rings is 1. The molecule has 9 heteroatoms. The minimum Gasteiger partial charge on any atom is -0.611 e. The Morgan fingerprint density at radius 3 is 2.85 bits per heavy atom. The van der Waals surface area contributed by atoms with Crippen molar-refractivity contribution >= 4 is 54.8 Å². The van der Waals surface area contributed by atoms with Crippen molar-refractivity contribution in [3.05, 3.63) is 35.8 Å². The number of fused-ring (bicyclic) bond motifs is 1. The number of anilines is 1. The molecule has 0 spiro atoms. The largest absolute Gasteiger partial charge is 0.611 e. The predicted molar refractivity (Wildman–Crippen MR) is 113 cm³/mol. The first-order valence-electron chi connectivity index (χ1n) is 8.08. The molecule has 1 atom stereocenters. The molecule has 4 heterocycles. The van der Waals surface area contributed by atoms with E-state index in [9.17, 15) is 4.55 Å². The summed E-state index contributed by atoms with van der Waals surface area (Å²) < 4.78 is 15.4. The Kier molecular flexibility index (Phi) is 4.55. The topological polar surface area (TPSA) is 91.8 Å². The molecule has 136 valence electrons. The van der Waals surface area contributed by atoms with Crippen LogP contribution >= 0.6 is 22.7 Å². The maximum absolute atomic E-state index is 12.7. The molecule has 1 unspecified atom stereocenters. The second-order valence-electron chi connectivity index (χ2n) is 6.18. The highest BCUT2D eigenvalue weighted by molar-refractivity contribution is 8.02. The normalized spacial score (nSPS) is 15.2. The maximum Gasteiger partial charge on any atom is 0.232 e.